The fraction of sp³-hybridized carbons (Fsp3) is 0.133. The number of anilines is 2. The van der Waals surface area contributed by atoms with Gasteiger partial charge in [0, 0.05) is 22.9 Å². The second-order valence-electron chi connectivity index (χ2n) is 4.74. The number of benzene rings is 1. The predicted octanol–water partition coefficient (Wildman–Crippen LogP) is 1.53. The Morgan fingerprint density at radius 3 is 2.35 bits per heavy atom. The third-order valence-corrected chi connectivity index (χ3v) is 2.91. The van der Waals surface area contributed by atoms with E-state index in [4.69, 9.17) is 0 Å². The summed E-state index contributed by atoms with van der Waals surface area (Å²) in [7, 11) is 0. The van der Waals surface area contributed by atoms with Crippen molar-refractivity contribution in [1.82, 2.24) is 15.2 Å². The van der Waals surface area contributed by atoms with Gasteiger partial charge in [0.15, 0.2) is 5.78 Å². The summed E-state index contributed by atoms with van der Waals surface area (Å²) in [6.07, 6.45) is 2.43. The highest BCUT2D eigenvalue weighted by molar-refractivity contribution is 6.09. The molecule has 8 nitrogen and oxygen atoms in total. The van der Waals surface area contributed by atoms with Crippen molar-refractivity contribution in [3.8, 4) is 0 Å². The maximum Gasteiger partial charge on any atom is 0.253 e. The number of Topliss-reactive ketones (excluding diaryl/α,β-unsaturated/α-hetero) is 1. The van der Waals surface area contributed by atoms with E-state index in [9.17, 15) is 14.4 Å². The standard InChI is InChI=1S/C15H15N5O3/c1-9(14(23)19-15-16-8-17-20-15)7-13(22)18-12-5-3-11(4-6-12)10(2)21/h3-8H,1-2H3,(H,18,22)(H2,16,17,19,20,23)/b9-7-. The Kier molecular flexibility index (Phi) is 4.98. The Morgan fingerprint density at radius 2 is 1.78 bits per heavy atom. The molecule has 0 aliphatic rings. The molecule has 1 aromatic carbocycles. The van der Waals surface area contributed by atoms with Crippen molar-refractivity contribution >= 4 is 29.2 Å². The molecule has 2 rings (SSSR count). The topological polar surface area (TPSA) is 117 Å². The van der Waals surface area contributed by atoms with Gasteiger partial charge in [0.05, 0.1) is 0 Å². The predicted molar refractivity (Wildman–Crippen MR) is 83.8 cm³/mol. The number of nitrogens with zero attached hydrogens (tertiary/aromatic N) is 2. The Hall–Kier alpha value is -3.29. The summed E-state index contributed by atoms with van der Waals surface area (Å²) in [5.41, 5.74) is 1.29. The number of nitrogens with one attached hydrogen (secondary N) is 3. The molecule has 23 heavy (non-hydrogen) atoms. The molecule has 8 heteroatoms. The zero-order chi connectivity index (χ0) is 16.8. The van der Waals surface area contributed by atoms with Gasteiger partial charge in [-0.25, -0.2) is 5.10 Å². The van der Waals surface area contributed by atoms with E-state index in [0.29, 0.717) is 11.3 Å². The molecule has 0 saturated carbocycles. The van der Waals surface area contributed by atoms with Crippen LogP contribution in [0.4, 0.5) is 11.6 Å². The van der Waals surface area contributed by atoms with E-state index in [0.717, 1.165) is 0 Å². The third-order valence-electron chi connectivity index (χ3n) is 2.91. The summed E-state index contributed by atoms with van der Waals surface area (Å²) in [5, 5.41) is 11.1. The summed E-state index contributed by atoms with van der Waals surface area (Å²) in [5.74, 6) is -0.777. The number of hydrogen-bond acceptors (Lipinski definition) is 5. The highest BCUT2D eigenvalue weighted by atomic mass is 16.2. The van der Waals surface area contributed by atoms with Crippen LogP contribution in [0, 0.1) is 0 Å². The quantitative estimate of drug-likeness (QED) is 0.571. The van der Waals surface area contributed by atoms with E-state index < -0.39 is 11.8 Å². The van der Waals surface area contributed by atoms with Crippen molar-refractivity contribution in [2.75, 3.05) is 10.6 Å². The molecule has 2 aromatic rings. The molecule has 3 N–H and O–H groups in total. The molecule has 0 bridgehead atoms. The summed E-state index contributed by atoms with van der Waals surface area (Å²) < 4.78 is 0. The summed E-state index contributed by atoms with van der Waals surface area (Å²) in [6.45, 7) is 2.97. The number of carbonyl (C=O) groups excluding carboxylic acids is 3. The van der Waals surface area contributed by atoms with Gasteiger partial charge in [-0.1, -0.05) is 0 Å². The lowest BCUT2D eigenvalue weighted by Gasteiger charge is -2.04. The van der Waals surface area contributed by atoms with Crippen LogP contribution in [-0.4, -0.2) is 32.8 Å². The largest absolute Gasteiger partial charge is 0.323 e. The number of ketones is 1. The van der Waals surface area contributed by atoms with Crippen molar-refractivity contribution < 1.29 is 14.4 Å². The first-order chi connectivity index (χ1) is 11.0. The minimum atomic E-state index is -0.469. The fourth-order valence-corrected chi connectivity index (χ4v) is 1.70. The van der Waals surface area contributed by atoms with Crippen molar-refractivity contribution in [2.24, 2.45) is 0 Å². The zero-order valence-corrected chi connectivity index (χ0v) is 12.6. The van der Waals surface area contributed by atoms with Crippen LogP contribution in [0.15, 0.2) is 42.2 Å². The van der Waals surface area contributed by atoms with Gasteiger partial charge in [-0.2, -0.15) is 10.1 Å². The second kappa shape index (κ2) is 7.12. The van der Waals surface area contributed by atoms with Crippen LogP contribution in [0.5, 0.6) is 0 Å². The number of H-pyrrole nitrogens is 1. The molecule has 1 aromatic heterocycles. The van der Waals surface area contributed by atoms with Crippen LogP contribution in [0.1, 0.15) is 24.2 Å². The van der Waals surface area contributed by atoms with Crippen LogP contribution in [0.25, 0.3) is 0 Å². The van der Waals surface area contributed by atoms with Crippen molar-refractivity contribution in [2.45, 2.75) is 13.8 Å². The van der Waals surface area contributed by atoms with Crippen LogP contribution < -0.4 is 10.6 Å². The Balaban J connectivity index is 1.96. The molecule has 2 amide bonds. The van der Waals surface area contributed by atoms with Gasteiger partial charge in [-0.3, -0.25) is 19.7 Å². The van der Waals surface area contributed by atoms with E-state index in [1.807, 2.05) is 0 Å². The molecule has 0 aliphatic heterocycles. The number of aromatic amines is 1. The number of hydrogen-bond donors (Lipinski definition) is 3. The monoisotopic (exact) mass is 313 g/mol. The molecule has 0 unspecified atom stereocenters. The molecule has 0 saturated heterocycles. The lowest BCUT2D eigenvalue weighted by atomic mass is 10.1. The Bertz CT molecular complexity index is 748. The van der Waals surface area contributed by atoms with Gasteiger partial charge < -0.3 is 5.32 Å². The fourth-order valence-electron chi connectivity index (χ4n) is 1.70. The number of amides is 2. The first-order valence-electron chi connectivity index (χ1n) is 6.72. The smallest absolute Gasteiger partial charge is 0.253 e. The van der Waals surface area contributed by atoms with Gasteiger partial charge >= 0.3 is 0 Å². The van der Waals surface area contributed by atoms with Gasteiger partial charge in [0.1, 0.15) is 6.33 Å². The summed E-state index contributed by atoms with van der Waals surface area (Å²) in [4.78, 5) is 38.6. The highest BCUT2D eigenvalue weighted by Crippen LogP contribution is 2.10. The summed E-state index contributed by atoms with van der Waals surface area (Å²) >= 11 is 0. The average molecular weight is 313 g/mol. The van der Waals surface area contributed by atoms with Gasteiger partial charge in [-0.15, -0.1) is 0 Å². The summed E-state index contributed by atoms with van der Waals surface area (Å²) in [6, 6.07) is 6.47. The molecule has 0 fully saturated rings. The number of aromatic nitrogens is 3. The van der Waals surface area contributed by atoms with Crippen LogP contribution in [0.3, 0.4) is 0 Å². The van der Waals surface area contributed by atoms with Gasteiger partial charge in [0.25, 0.3) is 5.91 Å². The van der Waals surface area contributed by atoms with Crippen LogP contribution in [-0.2, 0) is 9.59 Å². The Morgan fingerprint density at radius 1 is 1.09 bits per heavy atom. The first kappa shape index (κ1) is 16.1. The van der Waals surface area contributed by atoms with Crippen molar-refractivity contribution in [3.63, 3.8) is 0 Å². The average Bonchev–Trinajstić information content (AvgIpc) is 3.00. The van der Waals surface area contributed by atoms with E-state index in [2.05, 4.69) is 25.8 Å². The minimum Gasteiger partial charge on any atom is -0.323 e. The lowest BCUT2D eigenvalue weighted by Crippen LogP contribution is -2.17. The number of rotatable bonds is 5. The van der Waals surface area contributed by atoms with Gasteiger partial charge in [0.2, 0.25) is 11.9 Å². The normalized spacial score (nSPS) is 11.0. The van der Waals surface area contributed by atoms with Crippen molar-refractivity contribution in [3.05, 3.63) is 47.8 Å². The third kappa shape index (κ3) is 4.60. The maximum absolute atomic E-state index is 11.9. The van der Waals surface area contributed by atoms with Crippen molar-refractivity contribution in [1.29, 1.82) is 0 Å². The van der Waals surface area contributed by atoms with Gasteiger partial charge in [-0.05, 0) is 38.1 Å². The highest BCUT2D eigenvalue weighted by Gasteiger charge is 2.09. The molecular weight excluding hydrogens is 298 g/mol. The molecule has 118 valence electrons. The van der Waals surface area contributed by atoms with E-state index in [1.54, 1.807) is 24.3 Å². The van der Waals surface area contributed by atoms with Crippen LogP contribution in [0.2, 0.25) is 0 Å². The van der Waals surface area contributed by atoms with E-state index in [-0.39, 0.29) is 17.3 Å². The first-order valence-corrected chi connectivity index (χ1v) is 6.72. The lowest BCUT2D eigenvalue weighted by molar-refractivity contribution is -0.114. The SMILES string of the molecule is CC(=O)c1ccc(NC(=O)/C=C(/C)C(=O)Nc2ncn[nH]2)cc1. The molecule has 0 atom stereocenters. The minimum absolute atomic E-state index is 0.0531. The van der Waals surface area contributed by atoms with Crippen LogP contribution >= 0.6 is 0 Å². The molecule has 0 aliphatic carbocycles. The zero-order valence-electron chi connectivity index (χ0n) is 12.6. The molecule has 1 heterocycles. The molecular formula is C15H15N5O3. The molecule has 0 radical (unpaired) electrons. The number of carbonyl (C=O) groups is 3. The van der Waals surface area contributed by atoms with E-state index >= 15 is 0 Å². The van der Waals surface area contributed by atoms with E-state index in [1.165, 1.54) is 26.3 Å². The second-order valence-corrected chi connectivity index (χ2v) is 4.74. The molecule has 0 spiro atoms. The maximum atomic E-state index is 11.9. The Labute approximate surface area is 132 Å².